The van der Waals surface area contributed by atoms with Crippen LogP contribution in [0.3, 0.4) is 0 Å². The van der Waals surface area contributed by atoms with Crippen LogP contribution in [0.25, 0.3) is 11.0 Å². The molecule has 4 fully saturated rings. The zero-order chi connectivity index (χ0) is 17.7. The van der Waals surface area contributed by atoms with Crippen molar-refractivity contribution < 1.29 is 14.3 Å². The third-order valence-corrected chi connectivity index (χ3v) is 6.67. The van der Waals surface area contributed by atoms with Crippen molar-refractivity contribution in [1.82, 2.24) is 9.97 Å². The van der Waals surface area contributed by atoms with Gasteiger partial charge in [-0.15, -0.1) is 0 Å². The topological polar surface area (TPSA) is 69.2 Å². The zero-order valence-corrected chi connectivity index (χ0v) is 14.7. The van der Waals surface area contributed by atoms with E-state index in [0.29, 0.717) is 28.8 Å². The van der Waals surface area contributed by atoms with Crippen molar-refractivity contribution in [2.24, 2.45) is 23.2 Å². The van der Waals surface area contributed by atoms with Crippen LogP contribution in [0.2, 0.25) is 0 Å². The SMILES string of the molecule is O=C(OCC(=O)C12CC3CC(CC(C3)C1)C2)c1ccc2nccnc2c1. The van der Waals surface area contributed by atoms with Gasteiger partial charge in [0.05, 0.1) is 16.6 Å². The number of carbonyl (C=O) groups is 2. The van der Waals surface area contributed by atoms with Gasteiger partial charge in [0.15, 0.2) is 12.4 Å². The van der Waals surface area contributed by atoms with Gasteiger partial charge in [-0.05, 0) is 74.5 Å². The van der Waals surface area contributed by atoms with Crippen molar-refractivity contribution in [2.75, 3.05) is 6.61 Å². The molecule has 0 aliphatic heterocycles. The Bertz CT molecular complexity index is 856. The molecular formula is C21H22N2O3. The molecule has 0 radical (unpaired) electrons. The summed E-state index contributed by atoms with van der Waals surface area (Å²) in [6.45, 7) is -0.108. The minimum atomic E-state index is -0.462. The summed E-state index contributed by atoms with van der Waals surface area (Å²) in [4.78, 5) is 33.7. The van der Waals surface area contributed by atoms with E-state index in [-0.39, 0.29) is 17.8 Å². The van der Waals surface area contributed by atoms with E-state index in [2.05, 4.69) is 9.97 Å². The largest absolute Gasteiger partial charge is 0.454 e. The summed E-state index contributed by atoms with van der Waals surface area (Å²) in [6.07, 6.45) is 10.1. The Kier molecular flexibility index (Phi) is 3.59. The predicted octanol–water partition coefficient (Wildman–Crippen LogP) is 3.57. The molecule has 0 saturated heterocycles. The number of nitrogens with zero attached hydrogens (tertiary/aromatic N) is 2. The number of ether oxygens (including phenoxy) is 1. The highest BCUT2D eigenvalue weighted by molar-refractivity contribution is 5.95. The molecule has 0 N–H and O–H groups in total. The standard InChI is InChI=1S/C21H22N2O3/c24-19(21-9-13-5-14(10-21)7-15(6-13)11-21)12-26-20(25)16-1-2-17-18(8-16)23-4-3-22-17/h1-4,8,13-15H,5-7,9-12H2. The molecule has 0 amide bonds. The second kappa shape index (κ2) is 5.86. The average Bonchev–Trinajstić information content (AvgIpc) is 2.64. The number of esters is 1. The fourth-order valence-corrected chi connectivity index (χ4v) is 5.91. The molecule has 0 spiro atoms. The van der Waals surface area contributed by atoms with Gasteiger partial charge < -0.3 is 4.74 Å². The van der Waals surface area contributed by atoms with E-state index in [9.17, 15) is 9.59 Å². The van der Waals surface area contributed by atoms with Gasteiger partial charge in [-0.2, -0.15) is 0 Å². The summed E-state index contributed by atoms with van der Waals surface area (Å²) in [7, 11) is 0. The van der Waals surface area contributed by atoms with Crippen LogP contribution in [-0.2, 0) is 9.53 Å². The molecule has 0 unspecified atom stereocenters. The lowest BCUT2D eigenvalue weighted by molar-refractivity contribution is -0.147. The lowest BCUT2D eigenvalue weighted by Crippen LogP contribution is -2.51. The van der Waals surface area contributed by atoms with Gasteiger partial charge in [0.25, 0.3) is 0 Å². The lowest BCUT2D eigenvalue weighted by Gasteiger charge is -2.55. The molecule has 1 aromatic heterocycles. The summed E-state index contributed by atoms with van der Waals surface area (Å²) in [5, 5.41) is 0. The van der Waals surface area contributed by atoms with Crippen LogP contribution >= 0.6 is 0 Å². The highest BCUT2D eigenvalue weighted by atomic mass is 16.5. The Morgan fingerprint density at radius 1 is 0.962 bits per heavy atom. The fourth-order valence-electron chi connectivity index (χ4n) is 5.91. The molecule has 1 aromatic carbocycles. The van der Waals surface area contributed by atoms with Crippen molar-refractivity contribution >= 4 is 22.8 Å². The van der Waals surface area contributed by atoms with Crippen molar-refractivity contribution in [2.45, 2.75) is 38.5 Å². The summed E-state index contributed by atoms with van der Waals surface area (Å²) in [5.41, 5.74) is 1.57. The van der Waals surface area contributed by atoms with Gasteiger partial charge in [-0.25, -0.2) is 4.79 Å². The average molecular weight is 350 g/mol. The number of carbonyl (C=O) groups excluding carboxylic acids is 2. The van der Waals surface area contributed by atoms with Gasteiger partial charge in [0, 0.05) is 17.8 Å². The fraction of sp³-hybridized carbons (Fsp3) is 0.524. The number of rotatable bonds is 4. The first-order valence-corrected chi connectivity index (χ1v) is 9.52. The molecule has 5 nitrogen and oxygen atoms in total. The molecule has 134 valence electrons. The zero-order valence-electron chi connectivity index (χ0n) is 14.7. The molecule has 2 aromatic rings. The van der Waals surface area contributed by atoms with Crippen molar-refractivity contribution in [3.05, 3.63) is 36.2 Å². The summed E-state index contributed by atoms with van der Waals surface area (Å²) in [6, 6.07) is 5.09. The van der Waals surface area contributed by atoms with Crippen LogP contribution in [0.4, 0.5) is 0 Å². The van der Waals surface area contributed by atoms with Crippen LogP contribution in [0.1, 0.15) is 48.9 Å². The maximum absolute atomic E-state index is 12.9. The lowest BCUT2D eigenvalue weighted by atomic mass is 9.48. The van der Waals surface area contributed by atoms with Gasteiger partial charge in [0.1, 0.15) is 0 Å². The Morgan fingerprint density at radius 3 is 2.23 bits per heavy atom. The number of benzene rings is 1. The van der Waals surface area contributed by atoms with Crippen LogP contribution < -0.4 is 0 Å². The normalized spacial score (nSPS) is 31.9. The first-order chi connectivity index (χ1) is 12.6. The molecule has 4 aliphatic rings. The van der Waals surface area contributed by atoms with Gasteiger partial charge in [0.2, 0.25) is 0 Å². The number of fused-ring (bicyclic) bond motifs is 1. The van der Waals surface area contributed by atoms with Crippen LogP contribution in [0, 0.1) is 23.2 Å². The van der Waals surface area contributed by atoms with Crippen molar-refractivity contribution in [3.8, 4) is 0 Å². The maximum Gasteiger partial charge on any atom is 0.338 e. The quantitative estimate of drug-likeness (QED) is 0.789. The number of ketones is 1. The Hall–Kier alpha value is -2.30. The van der Waals surface area contributed by atoms with E-state index in [0.717, 1.165) is 24.8 Å². The molecule has 4 bridgehead atoms. The first-order valence-electron chi connectivity index (χ1n) is 9.52. The second-order valence-electron chi connectivity index (χ2n) is 8.46. The monoisotopic (exact) mass is 350 g/mol. The second-order valence-corrected chi connectivity index (χ2v) is 8.46. The molecule has 5 heteroatoms. The van der Waals surface area contributed by atoms with E-state index in [1.807, 2.05) is 0 Å². The Morgan fingerprint density at radius 2 is 1.58 bits per heavy atom. The van der Waals surface area contributed by atoms with Crippen molar-refractivity contribution in [1.29, 1.82) is 0 Å². The highest BCUT2D eigenvalue weighted by Crippen LogP contribution is 2.60. The minimum Gasteiger partial charge on any atom is -0.454 e. The van der Waals surface area contributed by atoms with Gasteiger partial charge in [-0.1, -0.05) is 0 Å². The molecule has 26 heavy (non-hydrogen) atoms. The molecule has 4 saturated carbocycles. The van der Waals surface area contributed by atoms with Crippen molar-refractivity contribution in [3.63, 3.8) is 0 Å². The number of Topliss-reactive ketones (excluding diaryl/α,β-unsaturated/α-hetero) is 1. The van der Waals surface area contributed by atoms with E-state index < -0.39 is 5.97 Å². The van der Waals surface area contributed by atoms with E-state index in [1.54, 1.807) is 30.6 Å². The smallest absolute Gasteiger partial charge is 0.338 e. The minimum absolute atomic E-state index is 0.108. The van der Waals surface area contributed by atoms with E-state index >= 15 is 0 Å². The predicted molar refractivity (Wildman–Crippen MR) is 95.4 cm³/mol. The molecule has 1 heterocycles. The van der Waals surface area contributed by atoms with Gasteiger partial charge in [-0.3, -0.25) is 14.8 Å². The number of hydrogen-bond acceptors (Lipinski definition) is 5. The molecular weight excluding hydrogens is 328 g/mol. The number of hydrogen-bond donors (Lipinski definition) is 0. The summed E-state index contributed by atoms with van der Waals surface area (Å²) < 4.78 is 5.39. The summed E-state index contributed by atoms with van der Waals surface area (Å²) >= 11 is 0. The molecule has 6 rings (SSSR count). The summed E-state index contributed by atoms with van der Waals surface area (Å²) in [5.74, 6) is 1.79. The Labute approximate surface area is 152 Å². The molecule has 0 atom stereocenters. The van der Waals surface area contributed by atoms with Crippen LogP contribution in [0.5, 0.6) is 0 Å². The Balaban J connectivity index is 1.28. The third kappa shape index (κ3) is 2.61. The van der Waals surface area contributed by atoms with Gasteiger partial charge >= 0.3 is 5.97 Å². The highest BCUT2D eigenvalue weighted by Gasteiger charge is 2.54. The maximum atomic E-state index is 12.9. The first kappa shape index (κ1) is 15.9. The molecule has 4 aliphatic carbocycles. The van der Waals surface area contributed by atoms with E-state index in [1.165, 1.54) is 19.3 Å². The van der Waals surface area contributed by atoms with Crippen LogP contribution in [0.15, 0.2) is 30.6 Å². The third-order valence-electron chi connectivity index (χ3n) is 6.67. The van der Waals surface area contributed by atoms with E-state index in [4.69, 9.17) is 4.74 Å². The van der Waals surface area contributed by atoms with Crippen LogP contribution in [-0.4, -0.2) is 28.3 Å². The number of aromatic nitrogens is 2.